The summed E-state index contributed by atoms with van der Waals surface area (Å²) in [6, 6.07) is 9.90. The van der Waals surface area contributed by atoms with E-state index in [2.05, 4.69) is 10.1 Å². The van der Waals surface area contributed by atoms with E-state index in [1.165, 1.54) is 10.7 Å². The SMILES string of the molecule is Cn1c(Cc2ccccc2)nn2c(C(=O)O)cnc12. The van der Waals surface area contributed by atoms with Crippen molar-refractivity contribution in [2.45, 2.75) is 6.42 Å². The quantitative estimate of drug-likeness (QED) is 0.768. The first-order chi connectivity index (χ1) is 9.16. The lowest BCUT2D eigenvalue weighted by Gasteiger charge is -2.00. The number of hydrogen-bond donors (Lipinski definition) is 1. The number of imidazole rings is 1. The first-order valence-corrected chi connectivity index (χ1v) is 5.83. The van der Waals surface area contributed by atoms with Crippen molar-refractivity contribution >= 4 is 11.7 Å². The van der Waals surface area contributed by atoms with Gasteiger partial charge in [-0.25, -0.2) is 9.78 Å². The standard InChI is InChI=1S/C13H12N4O2/c1-16-11(7-9-5-3-2-4-6-9)15-17-10(12(18)19)8-14-13(16)17/h2-6,8H,7H2,1H3,(H,18,19). The highest BCUT2D eigenvalue weighted by atomic mass is 16.4. The van der Waals surface area contributed by atoms with Crippen molar-refractivity contribution in [2.24, 2.45) is 7.05 Å². The molecule has 0 aliphatic heterocycles. The lowest BCUT2D eigenvalue weighted by Crippen LogP contribution is -2.02. The van der Waals surface area contributed by atoms with Crippen molar-refractivity contribution in [3.8, 4) is 0 Å². The lowest BCUT2D eigenvalue weighted by molar-refractivity contribution is 0.0688. The molecule has 2 aromatic heterocycles. The molecule has 0 aliphatic carbocycles. The van der Waals surface area contributed by atoms with Crippen LogP contribution in [-0.2, 0) is 13.5 Å². The number of nitrogens with zero attached hydrogens (tertiary/aromatic N) is 4. The van der Waals surface area contributed by atoms with Crippen LogP contribution in [0.4, 0.5) is 0 Å². The number of carboxylic acid groups (broad SMARTS) is 1. The molecule has 0 saturated heterocycles. The van der Waals surface area contributed by atoms with Gasteiger partial charge in [-0.1, -0.05) is 30.3 Å². The maximum atomic E-state index is 11.0. The van der Waals surface area contributed by atoms with Crippen molar-refractivity contribution in [1.82, 2.24) is 19.2 Å². The molecule has 96 valence electrons. The van der Waals surface area contributed by atoms with E-state index in [1.807, 2.05) is 37.4 Å². The van der Waals surface area contributed by atoms with Crippen LogP contribution >= 0.6 is 0 Å². The zero-order valence-electron chi connectivity index (χ0n) is 10.3. The third-order valence-electron chi connectivity index (χ3n) is 3.05. The second-order valence-corrected chi connectivity index (χ2v) is 4.30. The fourth-order valence-corrected chi connectivity index (χ4v) is 2.04. The molecule has 0 bridgehead atoms. The molecule has 0 aliphatic rings. The van der Waals surface area contributed by atoms with Crippen LogP contribution in [0, 0.1) is 0 Å². The van der Waals surface area contributed by atoms with Crippen molar-refractivity contribution < 1.29 is 9.90 Å². The molecule has 1 aromatic carbocycles. The maximum Gasteiger partial charge on any atom is 0.356 e. The minimum absolute atomic E-state index is 0.0740. The van der Waals surface area contributed by atoms with E-state index in [4.69, 9.17) is 5.11 Å². The first-order valence-electron chi connectivity index (χ1n) is 5.83. The van der Waals surface area contributed by atoms with Gasteiger partial charge in [0.15, 0.2) is 5.69 Å². The summed E-state index contributed by atoms with van der Waals surface area (Å²) in [4.78, 5) is 15.1. The van der Waals surface area contributed by atoms with Gasteiger partial charge in [0.1, 0.15) is 5.82 Å². The molecule has 6 heteroatoms. The zero-order chi connectivity index (χ0) is 13.4. The van der Waals surface area contributed by atoms with Gasteiger partial charge in [0.05, 0.1) is 6.20 Å². The van der Waals surface area contributed by atoms with E-state index >= 15 is 0 Å². The van der Waals surface area contributed by atoms with Crippen LogP contribution in [0.25, 0.3) is 5.78 Å². The molecule has 0 fully saturated rings. The van der Waals surface area contributed by atoms with Crippen molar-refractivity contribution in [2.75, 3.05) is 0 Å². The van der Waals surface area contributed by atoms with Crippen molar-refractivity contribution in [3.63, 3.8) is 0 Å². The highest BCUT2D eigenvalue weighted by Crippen LogP contribution is 2.12. The molecule has 6 nitrogen and oxygen atoms in total. The first kappa shape index (κ1) is 11.5. The van der Waals surface area contributed by atoms with E-state index in [1.54, 1.807) is 4.57 Å². The van der Waals surface area contributed by atoms with Gasteiger partial charge in [-0.3, -0.25) is 4.57 Å². The summed E-state index contributed by atoms with van der Waals surface area (Å²) in [5.74, 6) is 0.275. The summed E-state index contributed by atoms with van der Waals surface area (Å²) in [7, 11) is 1.83. The summed E-state index contributed by atoms with van der Waals surface area (Å²) in [5, 5.41) is 13.4. The molecule has 3 aromatic rings. The van der Waals surface area contributed by atoms with Gasteiger partial charge in [0.2, 0.25) is 5.78 Å². The predicted octanol–water partition coefficient (Wildman–Crippen LogP) is 1.36. The fraction of sp³-hybridized carbons (Fsp3) is 0.154. The number of carboxylic acids is 1. The molecule has 19 heavy (non-hydrogen) atoms. The molecule has 0 saturated carbocycles. The Bertz CT molecular complexity index is 743. The molecule has 1 N–H and O–H groups in total. The Balaban J connectivity index is 2.05. The molecule has 3 rings (SSSR count). The van der Waals surface area contributed by atoms with Gasteiger partial charge in [-0.15, -0.1) is 0 Å². The largest absolute Gasteiger partial charge is 0.476 e. The van der Waals surface area contributed by atoms with Gasteiger partial charge in [0.25, 0.3) is 0 Å². The predicted molar refractivity (Wildman–Crippen MR) is 68.2 cm³/mol. The molecular weight excluding hydrogens is 244 g/mol. The molecule has 0 spiro atoms. The van der Waals surface area contributed by atoms with Gasteiger partial charge in [-0.2, -0.15) is 9.61 Å². The van der Waals surface area contributed by atoms with Crippen LogP contribution in [-0.4, -0.2) is 30.2 Å². The summed E-state index contributed by atoms with van der Waals surface area (Å²) >= 11 is 0. The molecule has 2 heterocycles. The van der Waals surface area contributed by atoms with Crippen LogP contribution in [0.1, 0.15) is 21.9 Å². The number of rotatable bonds is 3. The Morgan fingerprint density at radius 3 is 2.74 bits per heavy atom. The number of carbonyl (C=O) groups is 1. The van der Waals surface area contributed by atoms with Crippen molar-refractivity contribution in [1.29, 1.82) is 0 Å². The van der Waals surface area contributed by atoms with Crippen molar-refractivity contribution in [3.05, 3.63) is 53.6 Å². The second-order valence-electron chi connectivity index (χ2n) is 4.30. The van der Waals surface area contributed by atoms with Crippen LogP contribution in [0.15, 0.2) is 36.5 Å². The number of aryl methyl sites for hydroxylation is 1. The van der Waals surface area contributed by atoms with Crippen LogP contribution in [0.2, 0.25) is 0 Å². The van der Waals surface area contributed by atoms with E-state index < -0.39 is 5.97 Å². The zero-order valence-corrected chi connectivity index (χ0v) is 10.3. The van der Waals surface area contributed by atoms with E-state index in [9.17, 15) is 4.79 Å². The number of aromatic carboxylic acids is 1. The Labute approximate surface area is 108 Å². The topological polar surface area (TPSA) is 72.4 Å². The number of fused-ring (bicyclic) bond motifs is 1. The maximum absolute atomic E-state index is 11.0. The average Bonchev–Trinajstić information content (AvgIpc) is 2.93. The summed E-state index contributed by atoms with van der Waals surface area (Å²) in [5.41, 5.74) is 1.20. The summed E-state index contributed by atoms with van der Waals surface area (Å²) in [6.45, 7) is 0. The van der Waals surface area contributed by atoms with Gasteiger partial charge in [0, 0.05) is 13.5 Å². The smallest absolute Gasteiger partial charge is 0.356 e. The van der Waals surface area contributed by atoms with E-state index in [0.29, 0.717) is 12.2 Å². The average molecular weight is 256 g/mol. The van der Waals surface area contributed by atoms with Crippen LogP contribution < -0.4 is 0 Å². The monoisotopic (exact) mass is 256 g/mol. The Hall–Kier alpha value is -2.63. The van der Waals surface area contributed by atoms with Gasteiger partial charge in [-0.05, 0) is 5.56 Å². The van der Waals surface area contributed by atoms with E-state index in [-0.39, 0.29) is 5.69 Å². The van der Waals surface area contributed by atoms with Crippen LogP contribution in [0.5, 0.6) is 0 Å². The molecule has 0 atom stereocenters. The molecule has 0 radical (unpaired) electrons. The minimum Gasteiger partial charge on any atom is -0.476 e. The fourth-order valence-electron chi connectivity index (χ4n) is 2.04. The highest BCUT2D eigenvalue weighted by molar-refractivity contribution is 5.86. The van der Waals surface area contributed by atoms with E-state index in [0.717, 1.165) is 11.4 Å². The normalized spacial score (nSPS) is 11.0. The molecule has 0 amide bonds. The number of benzene rings is 1. The Kier molecular flexibility index (Phi) is 2.56. The minimum atomic E-state index is -1.03. The third-order valence-corrected chi connectivity index (χ3v) is 3.05. The van der Waals surface area contributed by atoms with Gasteiger partial charge >= 0.3 is 5.97 Å². The summed E-state index contributed by atoms with van der Waals surface area (Å²) < 4.78 is 3.17. The number of aromatic nitrogens is 4. The highest BCUT2D eigenvalue weighted by Gasteiger charge is 2.17. The van der Waals surface area contributed by atoms with Crippen LogP contribution in [0.3, 0.4) is 0 Å². The Morgan fingerprint density at radius 2 is 2.05 bits per heavy atom. The molecule has 0 unspecified atom stereocenters. The Morgan fingerprint density at radius 1 is 1.32 bits per heavy atom. The lowest BCUT2D eigenvalue weighted by atomic mass is 10.1. The third kappa shape index (κ3) is 1.87. The number of hydrogen-bond acceptors (Lipinski definition) is 3. The van der Waals surface area contributed by atoms with Gasteiger partial charge < -0.3 is 5.11 Å². The molecular formula is C13H12N4O2. The summed E-state index contributed by atoms with van der Waals surface area (Å²) in [6.07, 6.45) is 1.96. The second kappa shape index (κ2) is 4.24.